The summed E-state index contributed by atoms with van der Waals surface area (Å²) in [7, 11) is 0. The van der Waals surface area contributed by atoms with Crippen LogP contribution in [-0.2, 0) is 13.2 Å². The number of aromatic nitrogens is 3. The van der Waals surface area contributed by atoms with Crippen molar-refractivity contribution in [2.75, 3.05) is 0 Å². The molecule has 0 saturated heterocycles. The number of aliphatic hydroxyl groups is 1. The Balaban J connectivity index is 2.30. The van der Waals surface area contributed by atoms with Crippen LogP contribution in [0.15, 0.2) is 30.3 Å². The zero-order valence-corrected chi connectivity index (χ0v) is 9.69. The third-order valence-corrected chi connectivity index (χ3v) is 2.45. The summed E-state index contributed by atoms with van der Waals surface area (Å²) in [5, 5.41) is 25.5. The molecule has 1 heterocycles. The molecular formula is C13H12N4O. The number of hydrogen-bond donors (Lipinski definition) is 1. The molecule has 5 nitrogen and oxygen atoms in total. The second-order valence-electron chi connectivity index (χ2n) is 3.64. The molecule has 5 heteroatoms. The predicted octanol–water partition coefficient (Wildman–Crippen LogP) is 1.46. The van der Waals surface area contributed by atoms with Crippen molar-refractivity contribution >= 4 is 12.2 Å². The van der Waals surface area contributed by atoms with Crippen LogP contribution in [-0.4, -0.2) is 20.1 Å². The normalized spacial score (nSPS) is 10.7. The Hall–Kier alpha value is -2.45. The van der Waals surface area contributed by atoms with E-state index in [1.165, 1.54) is 4.68 Å². The molecule has 0 amide bonds. The highest BCUT2D eigenvalue weighted by Gasteiger charge is 2.08. The predicted molar refractivity (Wildman–Crippen MR) is 66.9 cm³/mol. The van der Waals surface area contributed by atoms with E-state index in [0.29, 0.717) is 11.4 Å². The van der Waals surface area contributed by atoms with E-state index in [1.807, 2.05) is 42.5 Å². The molecule has 1 N–H and O–H groups in total. The van der Waals surface area contributed by atoms with Crippen LogP contribution in [0.5, 0.6) is 0 Å². The van der Waals surface area contributed by atoms with Crippen molar-refractivity contribution in [3.63, 3.8) is 0 Å². The molecule has 1 aromatic heterocycles. The molecule has 90 valence electrons. The number of aliphatic hydroxyl groups excluding tert-OH is 1. The van der Waals surface area contributed by atoms with E-state index in [0.717, 1.165) is 5.56 Å². The first-order valence-corrected chi connectivity index (χ1v) is 5.48. The molecule has 0 fully saturated rings. The summed E-state index contributed by atoms with van der Waals surface area (Å²) < 4.78 is 1.46. The Morgan fingerprint density at radius 3 is 2.72 bits per heavy atom. The Morgan fingerprint density at radius 2 is 2.06 bits per heavy atom. The molecule has 1 aromatic carbocycles. The van der Waals surface area contributed by atoms with Crippen LogP contribution in [0, 0.1) is 11.3 Å². The van der Waals surface area contributed by atoms with Crippen LogP contribution in [0.25, 0.3) is 12.2 Å². The molecule has 0 bridgehead atoms. The fraction of sp³-hybridized carbons (Fsp3) is 0.154. The molecule has 0 radical (unpaired) electrons. The Labute approximate surface area is 105 Å². The molecule has 0 spiro atoms. The fourth-order valence-corrected chi connectivity index (χ4v) is 1.57. The number of nitriles is 1. The van der Waals surface area contributed by atoms with E-state index in [-0.39, 0.29) is 13.2 Å². The van der Waals surface area contributed by atoms with Crippen molar-refractivity contribution in [1.29, 1.82) is 5.26 Å². The van der Waals surface area contributed by atoms with Crippen LogP contribution in [0.3, 0.4) is 0 Å². The third-order valence-electron chi connectivity index (χ3n) is 2.45. The van der Waals surface area contributed by atoms with Gasteiger partial charge < -0.3 is 5.11 Å². The Bertz CT molecular complexity index is 581. The summed E-state index contributed by atoms with van der Waals surface area (Å²) in [5.74, 6) is 0. The van der Waals surface area contributed by atoms with Gasteiger partial charge in [-0.15, -0.1) is 5.10 Å². The van der Waals surface area contributed by atoms with Gasteiger partial charge in [0.2, 0.25) is 0 Å². The van der Waals surface area contributed by atoms with Gasteiger partial charge in [-0.25, -0.2) is 4.68 Å². The lowest BCUT2D eigenvalue weighted by molar-refractivity contribution is 0.276. The van der Waals surface area contributed by atoms with Gasteiger partial charge in [0.25, 0.3) is 0 Å². The standard InChI is InChI=1S/C13H12N4O/c14-8-9-17-13(12(10-18)15-16-17)7-6-11-4-2-1-3-5-11/h1-7,18H,9-10H2/b7-6+. The highest BCUT2D eigenvalue weighted by Crippen LogP contribution is 2.11. The second-order valence-corrected chi connectivity index (χ2v) is 3.64. The number of benzene rings is 1. The van der Waals surface area contributed by atoms with Crippen molar-refractivity contribution in [3.05, 3.63) is 47.3 Å². The first-order chi connectivity index (χ1) is 8.85. The molecular weight excluding hydrogens is 228 g/mol. The zero-order chi connectivity index (χ0) is 12.8. The van der Waals surface area contributed by atoms with E-state index < -0.39 is 0 Å². The van der Waals surface area contributed by atoms with Gasteiger partial charge in [-0.3, -0.25) is 0 Å². The van der Waals surface area contributed by atoms with Gasteiger partial charge in [0.05, 0.1) is 18.4 Å². The van der Waals surface area contributed by atoms with Crippen molar-refractivity contribution in [2.24, 2.45) is 0 Å². The van der Waals surface area contributed by atoms with Crippen LogP contribution in [0.4, 0.5) is 0 Å². The van der Waals surface area contributed by atoms with E-state index in [2.05, 4.69) is 10.3 Å². The Kier molecular flexibility index (Phi) is 3.84. The van der Waals surface area contributed by atoms with Crippen molar-refractivity contribution < 1.29 is 5.11 Å². The lowest BCUT2D eigenvalue weighted by Gasteiger charge is -1.98. The topological polar surface area (TPSA) is 74.7 Å². The second kappa shape index (κ2) is 5.75. The van der Waals surface area contributed by atoms with Crippen LogP contribution >= 0.6 is 0 Å². The zero-order valence-electron chi connectivity index (χ0n) is 9.69. The summed E-state index contributed by atoms with van der Waals surface area (Å²) in [6, 6.07) is 11.8. The van der Waals surface area contributed by atoms with Gasteiger partial charge >= 0.3 is 0 Å². The lowest BCUT2D eigenvalue weighted by atomic mass is 10.2. The van der Waals surface area contributed by atoms with Crippen molar-refractivity contribution in [3.8, 4) is 6.07 Å². The van der Waals surface area contributed by atoms with E-state index >= 15 is 0 Å². The highest BCUT2D eigenvalue weighted by molar-refractivity contribution is 5.68. The number of hydrogen-bond acceptors (Lipinski definition) is 4. The highest BCUT2D eigenvalue weighted by atomic mass is 16.3. The van der Waals surface area contributed by atoms with Gasteiger partial charge in [-0.05, 0) is 11.6 Å². The van der Waals surface area contributed by atoms with Gasteiger partial charge in [0.1, 0.15) is 12.2 Å². The molecule has 0 unspecified atom stereocenters. The number of nitrogens with zero attached hydrogens (tertiary/aromatic N) is 4. The molecule has 0 aliphatic rings. The van der Waals surface area contributed by atoms with Crippen molar-refractivity contribution in [1.82, 2.24) is 15.0 Å². The minimum absolute atomic E-state index is 0.113. The molecule has 0 atom stereocenters. The minimum atomic E-state index is -0.195. The van der Waals surface area contributed by atoms with Crippen LogP contribution in [0.2, 0.25) is 0 Å². The van der Waals surface area contributed by atoms with Crippen LogP contribution in [0.1, 0.15) is 17.0 Å². The average Bonchev–Trinajstić information content (AvgIpc) is 2.80. The summed E-state index contributed by atoms with van der Waals surface area (Å²) in [5.41, 5.74) is 2.16. The molecule has 18 heavy (non-hydrogen) atoms. The van der Waals surface area contributed by atoms with Gasteiger partial charge in [-0.2, -0.15) is 5.26 Å². The van der Waals surface area contributed by atoms with E-state index in [1.54, 1.807) is 6.08 Å². The van der Waals surface area contributed by atoms with Crippen LogP contribution < -0.4 is 0 Å². The summed E-state index contributed by atoms with van der Waals surface area (Å²) in [6.07, 6.45) is 3.70. The summed E-state index contributed by atoms with van der Waals surface area (Å²) in [6.45, 7) is -0.0820. The maximum absolute atomic E-state index is 9.16. The smallest absolute Gasteiger partial charge is 0.130 e. The average molecular weight is 240 g/mol. The molecule has 2 aromatic rings. The SMILES string of the molecule is N#CCn1nnc(CO)c1/C=C/c1ccccc1. The maximum atomic E-state index is 9.16. The molecule has 2 rings (SSSR count). The quantitative estimate of drug-likeness (QED) is 0.878. The maximum Gasteiger partial charge on any atom is 0.130 e. The molecule has 0 aliphatic carbocycles. The minimum Gasteiger partial charge on any atom is -0.390 e. The number of rotatable bonds is 4. The lowest BCUT2D eigenvalue weighted by Crippen LogP contribution is -2.01. The van der Waals surface area contributed by atoms with E-state index in [9.17, 15) is 0 Å². The monoisotopic (exact) mass is 240 g/mol. The van der Waals surface area contributed by atoms with Gasteiger partial charge in [0.15, 0.2) is 0 Å². The largest absolute Gasteiger partial charge is 0.390 e. The third kappa shape index (κ3) is 2.62. The summed E-state index contributed by atoms with van der Waals surface area (Å²) >= 11 is 0. The van der Waals surface area contributed by atoms with Gasteiger partial charge in [0, 0.05) is 0 Å². The fourth-order valence-electron chi connectivity index (χ4n) is 1.57. The van der Waals surface area contributed by atoms with Crippen molar-refractivity contribution in [2.45, 2.75) is 13.2 Å². The summed E-state index contributed by atoms with van der Waals surface area (Å²) in [4.78, 5) is 0. The molecule has 0 aliphatic heterocycles. The molecule has 0 saturated carbocycles. The first-order valence-electron chi connectivity index (χ1n) is 5.48. The first kappa shape index (κ1) is 12.0. The van der Waals surface area contributed by atoms with Gasteiger partial charge in [-0.1, -0.05) is 41.6 Å². The van der Waals surface area contributed by atoms with E-state index in [4.69, 9.17) is 10.4 Å². The Morgan fingerprint density at radius 1 is 1.28 bits per heavy atom.